The van der Waals surface area contributed by atoms with Crippen molar-refractivity contribution in [2.24, 2.45) is 5.92 Å². The van der Waals surface area contributed by atoms with Gasteiger partial charge in [-0.05, 0) is 72.4 Å². The van der Waals surface area contributed by atoms with Crippen molar-refractivity contribution < 1.29 is 41.5 Å². The average molecular weight is 824 g/mol. The molecule has 314 valence electrons. The van der Waals surface area contributed by atoms with Crippen LogP contribution in [-0.2, 0) is 29.3 Å². The molecule has 0 bridgehead atoms. The summed E-state index contributed by atoms with van der Waals surface area (Å²) in [6, 6.07) is 9.69. The second-order valence-corrected chi connectivity index (χ2v) is 18.6. The summed E-state index contributed by atoms with van der Waals surface area (Å²) in [5.74, 6) is -3.01. The number of allylic oxidation sites excluding steroid dienone is 1. The number of nitrogens with one attached hydrogen (secondary N) is 3. The SMILES string of the molecule is CC(C)n1c(O[C@@H]2C[C@H]3C(=O)N[C@]4(C(=O)NS(=O)(=O)N(C)C)C[C@@H]4/C=C\CCCCC[C@H](NC(=O)OC(C)(C)C)C(=O)N3C2)nc2c(-c3ccccc3F)cccc21. The van der Waals surface area contributed by atoms with Crippen molar-refractivity contribution in [3.8, 4) is 17.1 Å². The van der Waals surface area contributed by atoms with E-state index in [9.17, 15) is 27.6 Å². The molecule has 3 aromatic rings. The number of rotatable bonds is 8. The number of hydrogen-bond donors (Lipinski definition) is 3. The number of nitrogens with zero attached hydrogens (tertiary/aromatic N) is 4. The van der Waals surface area contributed by atoms with E-state index in [1.54, 1.807) is 45.0 Å². The van der Waals surface area contributed by atoms with Gasteiger partial charge in [-0.3, -0.25) is 19.0 Å². The van der Waals surface area contributed by atoms with Crippen LogP contribution in [0.1, 0.15) is 85.6 Å². The minimum absolute atomic E-state index is 0.0214. The first kappa shape index (κ1) is 42.6. The molecule has 1 saturated carbocycles. The number of aromatic nitrogens is 2. The number of benzene rings is 2. The third-order valence-corrected chi connectivity index (χ3v) is 12.1. The molecule has 5 atom stereocenters. The molecule has 2 fully saturated rings. The van der Waals surface area contributed by atoms with Crippen molar-refractivity contribution in [1.29, 1.82) is 0 Å². The number of amides is 4. The third-order valence-electron chi connectivity index (χ3n) is 10.7. The van der Waals surface area contributed by atoms with E-state index in [2.05, 4.69) is 15.4 Å². The molecular weight excluding hydrogens is 770 g/mol. The Morgan fingerprint density at radius 1 is 1.05 bits per heavy atom. The molecule has 1 aromatic heterocycles. The van der Waals surface area contributed by atoms with Gasteiger partial charge in [0.1, 0.15) is 40.7 Å². The van der Waals surface area contributed by atoms with Crippen LogP contribution in [0.2, 0.25) is 0 Å². The van der Waals surface area contributed by atoms with Crippen molar-refractivity contribution in [2.45, 2.75) is 115 Å². The van der Waals surface area contributed by atoms with Crippen LogP contribution in [0.15, 0.2) is 54.6 Å². The number of carbonyl (C=O) groups excluding carboxylic acids is 4. The van der Waals surface area contributed by atoms with Gasteiger partial charge in [0, 0.05) is 43.6 Å². The van der Waals surface area contributed by atoms with Crippen molar-refractivity contribution in [1.82, 2.24) is 34.1 Å². The predicted molar refractivity (Wildman–Crippen MR) is 215 cm³/mol. The summed E-state index contributed by atoms with van der Waals surface area (Å²) in [4.78, 5) is 62.1. The van der Waals surface area contributed by atoms with E-state index in [1.807, 2.05) is 42.7 Å². The molecule has 6 rings (SSSR count). The molecule has 1 aliphatic carbocycles. The Kier molecular flexibility index (Phi) is 12.2. The van der Waals surface area contributed by atoms with Gasteiger partial charge in [-0.15, -0.1) is 0 Å². The molecule has 3 N–H and O–H groups in total. The lowest BCUT2D eigenvalue weighted by atomic mass is 10.0. The van der Waals surface area contributed by atoms with E-state index < -0.39 is 75.1 Å². The summed E-state index contributed by atoms with van der Waals surface area (Å²) >= 11 is 0. The molecule has 0 radical (unpaired) electrons. The molecule has 17 heteroatoms. The van der Waals surface area contributed by atoms with Crippen molar-refractivity contribution in [3.05, 3.63) is 60.4 Å². The van der Waals surface area contributed by atoms with Crippen LogP contribution >= 0.6 is 0 Å². The van der Waals surface area contributed by atoms with Crippen LogP contribution in [0.4, 0.5) is 9.18 Å². The van der Waals surface area contributed by atoms with Crippen molar-refractivity contribution in [2.75, 3.05) is 20.6 Å². The zero-order valence-electron chi connectivity index (χ0n) is 34.1. The average Bonchev–Trinajstić information content (AvgIpc) is 3.46. The molecule has 1 saturated heterocycles. The van der Waals surface area contributed by atoms with E-state index >= 15 is 4.39 Å². The minimum atomic E-state index is -4.20. The lowest BCUT2D eigenvalue weighted by molar-refractivity contribution is -0.141. The van der Waals surface area contributed by atoms with Crippen LogP contribution in [0.25, 0.3) is 22.2 Å². The number of imidazole rings is 1. The Labute approximate surface area is 338 Å². The lowest BCUT2D eigenvalue weighted by Crippen LogP contribution is -2.58. The highest BCUT2D eigenvalue weighted by molar-refractivity contribution is 7.87. The van der Waals surface area contributed by atoms with Gasteiger partial charge in [0.25, 0.3) is 11.9 Å². The minimum Gasteiger partial charge on any atom is -0.459 e. The Balaban J connectivity index is 1.37. The second-order valence-electron chi connectivity index (χ2n) is 16.7. The fraction of sp³-hybridized carbons (Fsp3) is 0.537. The number of fused-ring (bicyclic) bond motifs is 3. The van der Waals surface area contributed by atoms with Crippen molar-refractivity contribution >= 4 is 45.1 Å². The maximum atomic E-state index is 15.1. The van der Waals surface area contributed by atoms with E-state index in [0.717, 1.165) is 17.1 Å². The molecule has 15 nitrogen and oxygen atoms in total. The molecule has 0 unspecified atom stereocenters. The number of ether oxygens (including phenoxy) is 2. The topological polar surface area (TPSA) is 181 Å². The van der Waals surface area contributed by atoms with Gasteiger partial charge >= 0.3 is 16.3 Å². The number of hydrogen-bond acceptors (Lipinski definition) is 9. The Hall–Kier alpha value is -5.03. The highest BCUT2D eigenvalue weighted by atomic mass is 32.2. The fourth-order valence-electron chi connectivity index (χ4n) is 7.64. The quantitative estimate of drug-likeness (QED) is 0.264. The summed E-state index contributed by atoms with van der Waals surface area (Å²) in [7, 11) is -1.63. The van der Waals surface area contributed by atoms with E-state index in [-0.39, 0.29) is 37.9 Å². The van der Waals surface area contributed by atoms with Crippen LogP contribution in [0, 0.1) is 11.7 Å². The Morgan fingerprint density at radius 2 is 1.78 bits per heavy atom. The maximum absolute atomic E-state index is 15.1. The van der Waals surface area contributed by atoms with Gasteiger partial charge in [-0.25, -0.2) is 13.9 Å². The van der Waals surface area contributed by atoms with Gasteiger partial charge < -0.3 is 25.0 Å². The molecular formula is C41H54FN7O8S. The van der Waals surface area contributed by atoms with Gasteiger partial charge in [0.15, 0.2) is 0 Å². The molecule has 0 spiro atoms. The molecule has 3 heterocycles. The van der Waals surface area contributed by atoms with Crippen LogP contribution in [0.5, 0.6) is 6.01 Å². The second kappa shape index (κ2) is 16.7. The Bertz CT molecular complexity index is 2200. The van der Waals surface area contributed by atoms with Crippen LogP contribution in [-0.4, -0.2) is 101 Å². The Morgan fingerprint density at radius 3 is 2.47 bits per heavy atom. The smallest absolute Gasteiger partial charge is 0.408 e. The third kappa shape index (κ3) is 9.15. The summed E-state index contributed by atoms with van der Waals surface area (Å²) in [5.41, 5.74) is -0.283. The number of carbonyl (C=O) groups is 4. The number of para-hydroxylation sites is 1. The lowest BCUT2D eigenvalue weighted by Gasteiger charge is -2.30. The zero-order chi connectivity index (χ0) is 42.2. The summed E-state index contributed by atoms with van der Waals surface area (Å²) in [6.45, 7) is 8.97. The van der Waals surface area contributed by atoms with E-state index in [4.69, 9.17) is 14.5 Å². The highest BCUT2D eigenvalue weighted by Crippen LogP contribution is 2.46. The molecule has 2 aromatic carbocycles. The van der Waals surface area contributed by atoms with Gasteiger partial charge in [-0.2, -0.15) is 17.7 Å². The first-order chi connectivity index (χ1) is 27.3. The molecule has 2 aliphatic heterocycles. The normalized spacial score (nSPS) is 25.0. The fourth-order valence-corrected chi connectivity index (χ4v) is 8.24. The summed E-state index contributed by atoms with van der Waals surface area (Å²) in [6.07, 6.45) is 5.30. The first-order valence-electron chi connectivity index (χ1n) is 19.8. The van der Waals surface area contributed by atoms with Gasteiger partial charge in [-0.1, -0.05) is 55.3 Å². The maximum Gasteiger partial charge on any atom is 0.408 e. The molecule has 3 aliphatic rings. The van der Waals surface area contributed by atoms with Crippen LogP contribution < -0.4 is 20.1 Å². The first-order valence-corrected chi connectivity index (χ1v) is 21.2. The summed E-state index contributed by atoms with van der Waals surface area (Å²) < 4.78 is 57.5. The number of alkyl carbamates (subject to hydrolysis) is 1. The predicted octanol–water partition coefficient (Wildman–Crippen LogP) is 4.98. The highest BCUT2D eigenvalue weighted by Gasteiger charge is 2.62. The van der Waals surface area contributed by atoms with Crippen LogP contribution in [0.3, 0.4) is 0 Å². The van der Waals surface area contributed by atoms with Crippen molar-refractivity contribution in [3.63, 3.8) is 0 Å². The number of halogens is 1. The molecule has 4 amide bonds. The van der Waals surface area contributed by atoms with E-state index in [1.165, 1.54) is 25.1 Å². The summed E-state index contributed by atoms with van der Waals surface area (Å²) in [5, 5.41) is 5.58. The standard InChI is InChI=1S/C41H54FN7O8S/c1-25(2)49-32-21-15-18-29(28-17-13-14-19-30(28)42)34(32)44-38(49)56-27-22-33-35(50)45-41(37(52)46-58(54,55)47(6)7)23-26(41)16-11-9-8-10-12-20-31(36(51)48(33)24-27)43-39(53)57-40(3,4)5/h11,13-19,21,25-27,31,33H,8-10,12,20,22-24H2,1-7H3,(H,43,53)(H,45,50)(H,46,52)/b16-11-/t26-,27+,31-,33-,41+/m0/s1. The van der Waals surface area contributed by atoms with Gasteiger partial charge in [0.2, 0.25) is 11.8 Å². The largest absolute Gasteiger partial charge is 0.459 e. The van der Waals surface area contributed by atoms with E-state index in [0.29, 0.717) is 35.0 Å². The van der Waals surface area contributed by atoms with Gasteiger partial charge in [0.05, 0.1) is 12.1 Å². The zero-order valence-corrected chi connectivity index (χ0v) is 34.9. The molecule has 58 heavy (non-hydrogen) atoms. The monoisotopic (exact) mass is 823 g/mol.